The Morgan fingerprint density at radius 3 is 2.58 bits per heavy atom. The number of halogens is 3. The van der Waals surface area contributed by atoms with Crippen molar-refractivity contribution in [2.75, 3.05) is 0 Å². The van der Waals surface area contributed by atoms with Gasteiger partial charge in [0, 0.05) is 12.6 Å². The number of aromatic nitrogens is 1. The van der Waals surface area contributed by atoms with Crippen molar-refractivity contribution in [1.82, 2.24) is 10.3 Å². The molecule has 1 fully saturated rings. The predicted octanol–water partition coefficient (Wildman–Crippen LogP) is 4.00. The van der Waals surface area contributed by atoms with Gasteiger partial charge in [-0.3, -0.25) is 0 Å². The SMILES string of the molecule is CC(C)CCc1nc(C(F)(F)F)c(CNC2CC2)s1. The van der Waals surface area contributed by atoms with Crippen LogP contribution in [0.1, 0.15) is 48.7 Å². The van der Waals surface area contributed by atoms with Crippen molar-refractivity contribution in [3.05, 3.63) is 15.6 Å². The van der Waals surface area contributed by atoms with Gasteiger partial charge in [0.15, 0.2) is 5.69 Å². The van der Waals surface area contributed by atoms with E-state index in [-0.39, 0.29) is 0 Å². The molecule has 1 aliphatic carbocycles. The van der Waals surface area contributed by atoms with E-state index in [0.717, 1.165) is 19.3 Å². The Bertz CT molecular complexity index is 422. The number of hydrogen-bond acceptors (Lipinski definition) is 3. The maximum absolute atomic E-state index is 12.9. The summed E-state index contributed by atoms with van der Waals surface area (Å²) in [5, 5.41) is 3.74. The van der Waals surface area contributed by atoms with E-state index in [1.54, 1.807) is 0 Å². The molecule has 0 aromatic carbocycles. The zero-order valence-electron chi connectivity index (χ0n) is 11.2. The van der Waals surface area contributed by atoms with E-state index in [1.807, 2.05) is 0 Å². The van der Waals surface area contributed by atoms with Gasteiger partial charge >= 0.3 is 6.18 Å². The van der Waals surface area contributed by atoms with Gasteiger partial charge in [0.05, 0.1) is 9.88 Å². The molecular formula is C13H19F3N2S. The summed E-state index contributed by atoms with van der Waals surface area (Å²) in [6.45, 7) is 4.42. The molecule has 1 aromatic heterocycles. The summed E-state index contributed by atoms with van der Waals surface area (Å²) in [6, 6.07) is 0.405. The minimum absolute atomic E-state index is 0.291. The molecule has 1 saturated carbocycles. The fourth-order valence-electron chi connectivity index (χ4n) is 1.79. The third-order valence-corrected chi connectivity index (χ3v) is 4.19. The molecule has 1 aliphatic rings. The van der Waals surface area contributed by atoms with Crippen LogP contribution < -0.4 is 5.32 Å². The largest absolute Gasteiger partial charge is 0.434 e. The van der Waals surface area contributed by atoms with Gasteiger partial charge in [-0.05, 0) is 31.6 Å². The predicted molar refractivity (Wildman–Crippen MR) is 70.1 cm³/mol. The number of thiazole rings is 1. The second-order valence-corrected chi connectivity index (χ2v) is 6.63. The lowest BCUT2D eigenvalue weighted by molar-refractivity contribution is -0.141. The first-order chi connectivity index (χ1) is 8.86. The number of aryl methyl sites for hydroxylation is 1. The van der Waals surface area contributed by atoms with Crippen LogP contribution in [-0.4, -0.2) is 11.0 Å². The maximum Gasteiger partial charge on any atom is 0.434 e. The number of nitrogens with zero attached hydrogens (tertiary/aromatic N) is 1. The van der Waals surface area contributed by atoms with E-state index in [4.69, 9.17) is 0 Å². The Balaban J connectivity index is 2.08. The van der Waals surface area contributed by atoms with Crippen LogP contribution in [0.2, 0.25) is 0 Å². The average molecular weight is 292 g/mol. The molecule has 6 heteroatoms. The summed E-state index contributed by atoms with van der Waals surface area (Å²) in [5.41, 5.74) is -0.690. The summed E-state index contributed by atoms with van der Waals surface area (Å²) >= 11 is 1.20. The van der Waals surface area contributed by atoms with Gasteiger partial charge in [0.2, 0.25) is 0 Å². The Kier molecular flexibility index (Phi) is 4.50. The number of nitrogens with one attached hydrogen (secondary N) is 1. The lowest BCUT2D eigenvalue weighted by atomic mass is 10.1. The molecule has 0 spiro atoms. The van der Waals surface area contributed by atoms with Crippen LogP contribution in [0.25, 0.3) is 0 Å². The van der Waals surface area contributed by atoms with Gasteiger partial charge in [0.1, 0.15) is 0 Å². The summed E-state index contributed by atoms with van der Waals surface area (Å²) in [6.07, 6.45) is -0.691. The molecule has 0 atom stereocenters. The highest BCUT2D eigenvalue weighted by atomic mass is 32.1. The van der Waals surface area contributed by atoms with Crippen LogP contribution in [-0.2, 0) is 19.1 Å². The minimum Gasteiger partial charge on any atom is -0.309 e. The van der Waals surface area contributed by atoms with Crippen molar-refractivity contribution >= 4 is 11.3 Å². The summed E-state index contributed by atoms with van der Waals surface area (Å²) in [5.74, 6) is 0.478. The van der Waals surface area contributed by atoms with Gasteiger partial charge in [-0.25, -0.2) is 4.98 Å². The average Bonchev–Trinajstić information content (AvgIpc) is 3.02. The fourth-order valence-corrected chi connectivity index (χ4v) is 2.84. The topological polar surface area (TPSA) is 24.9 Å². The third-order valence-electron chi connectivity index (χ3n) is 3.07. The van der Waals surface area contributed by atoms with Crippen LogP contribution in [0.4, 0.5) is 13.2 Å². The number of hydrogen-bond donors (Lipinski definition) is 1. The van der Waals surface area contributed by atoms with E-state index in [9.17, 15) is 13.2 Å². The van der Waals surface area contributed by atoms with Crippen LogP contribution in [0.15, 0.2) is 0 Å². The van der Waals surface area contributed by atoms with Crippen LogP contribution in [0.5, 0.6) is 0 Å². The molecular weight excluding hydrogens is 273 g/mol. The van der Waals surface area contributed by atoms with Crippen molar-refractivity contribution in [3.63, 3.8) is 0 Å². The van der Waals surface area contributed by atoms with E-state index in [0.29, 0.717) is 34.8 Å². The molecule has 1 heterocycles. The van der Waals surface area contributed by atoms with E-state index in [2.05, 4.69) is 24.1 Å². The lowest BCUT2D eigenvalue weighted by Gasteiger charge is -2.06. The van der Waals surface area contributed by atoms with E-state index >= 15 is 0 Å². The molecule has 1 aromatic rings. The van der Waals surface area contributed by atoms with Crippen LogP contribution in [0, 0.1) is 5.92 Å². The molecule has 19 heavy (non-hydrogen) atoms. The molecule has 1 N–H and O–H groups in total. The quantitative estimate of drug-likeness (QED) is 0.857. The highest BCUT2D eigenvalue weighted by Crippen LogP contribution is 2.35. The second-order valence-electron chi connectivity index (χ2n) is 5.46. The van der Waals surface area contributed by atoms with Gasteiger partial charge in [0.25, 0.3) is 0 Å². The molecule has 0 aliphatic heterocycles. The lowest BCUT2D eigenvalue weighted by Crippen LogP contribution is -2.18. The van der Waals surface area contributed by atoms with Crippen LogP contribution >= 0.6 is 11.3 Å². The Morgan fingerprint density at radius 2 is 2.05 bits per heavy atom. The number of rotatable bonds is 6. The third kappa shape index (κ3) is 4.45. The monoisotopic (exact) mass is 292 g/mol. The fraction of sp³-hybridized carbons (Fsp3) is 0.769. The van der Waals surface area contributed by atoms with Gasteiger partial charge in [-0.1, -0.05) is 13.8 Å². The van der Waals surface area contributed by atoms with Gasteiger partial charge in [-0.15, -0.1) is 11.3 Å². The van der Waals surface area contributed by atoms with Crippen molar-refractivity contribution in [1.29, 1.82) is 0 Å². The summed E-state index contributed by atoms with van der Waals surface area (Å²) in [4.78, 5) is 4.14. The van der Waals surface area contributed by atoms with Gasteiger partial charge < -0.3 is 5.32 Å². The van der Waals surface area contributed by atoms with Crippen molar-refractivity contribution in [3.8, 4) is 0 Å². The van der Waals surface area contributed by atoms with E-state index in [1.165, 1.54) is 11.3 Å². The molecule has 0 bridgehead atoms. The molecule has 0 radical (unpaired) electrons. The Hall–Kier alpha value is -0.620. The minimum atomic E-state index is -4.34. The Labute approximate surface area is 115 Å². The molecule has 0 saturated heterocycles. The summed E-state index contributed by atoms with van der Waals surface area (Å²) in [7, 11) is 0. The standard InChI is InChI=1S/C13H19F3N2S/c1-8(2)3-6-11-18-12(13(14,15)16)10(19-11)7-17-9-4-5-9/h8-9,17H,3-7H2,1-2H3. The highest BCUT2D eigenvalue weighted by molar-refractivity contribution is 7.11. The zero-order valence-corrected chi connectivity index (χ0v) is 12.0. The first-order valence-electron chi connectivity index (χ1n) is 6.65. The molecule has 2 nitrogen and oxygen atoms in total. The van der Waals surface area contributed by atoms with E-state index < -0.39 is 11.9 Å². The Morgan fingerprint density at radius 1 is 1.37 bits per heavy atom. The van der Waals surface area contributed by atoms with Gasteiger partial charge in [-0.2, -0.15) is 13.2 Å². The van der Waals surface area contributed by atoms with Crippen molar-refractivity contribution < 1.29 is 13.2 Å². The first-order valence-corrected chi connectivity index (χ1v) is 7.47. The molecule has 2 rings (SSSR count). The zero-order chi connectivity index (χ0) is 14.0. The van der Waals surface area contributed by atoms with Crippen molar-refractivity contribution in [2.24, 2.45) is 5.92 Å². The molecule has 0 unspecified atom stereocenters. The molecule has 0 amide bonds. The second kappa shape index (κ2) is 5.79. The number of alkyl halides is 3. The smallest absolute Gasteiger partial charge is 0.309 e. The summed E-state index contributed by atoms with van der Waals surface area (Å²) < 4.78 is 38.8. The first kappa shape index (κ1) is 14.8. The normalized spacial score (nSPS) is 16.3. The maximum atomic E-state index is 12.9. The highest BCUT2D eigenvalue weighted by Gasteiger charge is 2.37. The molecule has 108 valence electrons. The van der Waals surface area contributed by atoms with Crippen molar-refractivity contribution in [2.45, 2.75) is 58.3 Å². The van der Waals surface area contributed by atoms with Crippen LogP contribution in [0.3, 0.4) is 0 Å².